The molecule has 3 aliphatic rings. The van der Waals surface area contributed by atoms with Gasteiger partial charge < -0.3 is 37.7 Å². The van der Waals surface area contributed by atoms with E-state index in [0.717, 1.165) is 78.0 Å². The average molecular weight is 769 g/mol. The highest BCUT2D eigenvalue weighted by atomic mass is 127. The molecule has 7 rings (SSSR count). The fraction of sp³-hybridized carbons (Fsp3) is 0.500. The molecule has 10 nitrogen and oxygen atoms in total. The Hall–Kier alpha value is -2.91. The van der Waals surface area contributed by atoms with Crippen molar-refractivity contribution in [1.82, 2.24) is 9.13 Å². The molecule has 5 heterocycles. The van der Waals surface area contributed by atoms with Crippen LogP contribution >= 0.6 is 22.6 Å². The fourth-order valence-corrected chi connectivity index (χ4v) is 7.13. The number of nitrogens with zero attached hydrogens (tertiary/aromatic N) is 4. The third-order valence-electron chi connectivity index (χ3n) is 10.0. The predicted molar refractivity (Wildman–Crippen MR) is 202 cm³/mol. The molecule has 2 aromatic heterocycles. The molecule has 3 fully saturated rings. The number of anilines is 2. The summed E-state index contributed by atoms with van der Waals surface area (Å²) >= 11 is 2.32. The van der Waals surface area contributed by atoms with Crippen molar-refractivity contribution in [2.24, 2.45) is 0 Å². The summed E-state index contributed by atoms with van der Waals surface area (Å²) in [6.45, 7) is 19.6. The van der Waals surface area contributed by atoms with Gasteiger partial charge in [-0.25, -0.2) is 0 Å². The minimum absolute atomic E-state index is 0.0277. The van der Waals surface area contributed by atoms with Crippen molar-refractivity contribution in [1.29, 1.82) is 0 Å². The van der Waals surface area contributed by atoms with Crippen LogP contribution in [0.25, 0.3) is 21.8 Å². The number of hydrogen-bond acceptors (Lipinski definition) is 8. The number of benzene rings is 2. The molecule has 0 atom stereocenters. The third kappa shape index (κ3) is 6.78. The SMILES string of the molecule is CCn1c(=O)cc(N2CCOCC2)c2cc(B3OC(C)(C)C(C)(C)O3)ccc21.CCn1c(=O)cc(N2CCOCC2)c2cc(I)ccc21. The molecule has 4 aromatic rings. The van der Waals surface area contributed by atoms with Gasteiger partial charge in [-0.15, -0.1) is 0 Å². The molecule has 12 heteroatoms. The molecule has 0 bridgehead atoms. The van der Waals surface area contributed by atoms with Gasteiger partial charge in [-0.3, -0.25) is 9.59 Å². The number of morpholine rings is 2. The Morgan fingerprint density at radius 1 is 0.667 bits per heavy atom. The minimum atomic E-state index is -0.422. The van der Waals surface area contributed by atoms with E-state index in [-0.39, 0.29) is 22.3 Å². The van der Waals surface area contributed by atoms with E-state index in [1.807, 2.05) is 41.2 Å². The summed E-state index contributed by atoms with van der Waals surface area (Å²) in [5, 5.41) is 2.20. The van der Waals surface area contributed by atoms with Gasteiger partial charge in [-0.05, 0) is 93.9 Å². The van der Waals surface area contributed by atoms with Gasteiger partial charge >= 0.3 is 7.12 Å². The van der Waals surface area contributed by atoms with Gasteiger partial charge in [0.1, 0.15) is 0 Å². The zero-order valence-corrected chi connectivity index (χ0v) is 31.0. The van der Waals surface area contributed by atoms with Crippen LogP contribution in [0, 0.1) is 3.57 Å². The lowest BCUT2D eigenvalue weighted by molar-refractivity contribution is 0.00578. The van der Waals surface area contributed by atoms with Crippen molar-refractivity contribution >= 4 is 68.4 Å². The third-order valence-corrected chi connectivity index (χ3v) is 10.7. The molecule has 48 heavy (non-hydrogen) atoms. The number of pyridine rings is 2. The van der Waals surface area contributed by atoms with Crippen LogP contribution in [-0.2, 0) is 31.9 Å². The monoisotopic (exact) mass is 768 g/mol. The van der Waals surface area contributed by atoms with Crippen molar-refractivity contribution < 1.29 is 18.8 Å². The Morgan fingerprint density at radius 2 is 1.10 bits per heavy atom. The smallest absolute Gasteiger partial charge is 0.399 e. The van der Waals surface area contributed by atoms with E-state index in [1.165, 1.54) is 3.57 Å². The van der Waals surface area contributed by atoms with Crippen LogP contribution in [0.15, 0.2) is 58.1 Å². The molecule has 0 radical (unpaired) electrons. The van der Waals surface area contributed by atoms with Crippen LogP contribution in [0.5, 0.6) is 0 Å². The van der Waals surface area contributed by atoms with E-state index in [9.17, 15) is 9.59 Å². The van der Waals surface area contributed by atoms with Gasteiger partial charge in [0.2, 0.25) is 0 Å². The Kier molecular flexibility index (Phi) is 10.3. The number of fused-ring (bicyclic) bond motifs is 2. The molecule has 3 saturated heterocycles. The van der Waals surface area contributed by atoms with Crippen LogP contribution in [0.3, 0.4) is 0 Å². The second-order valence-electron chi connectivity index (χ2n) is 13.4. The van der Waals surface area contributed by atoms with Crippen molar-refractivity contribution in [3.8, 4) is 0 Å². The fourth-order valence-electron chi connectivity index (χ4n) is 6.64. The maximum absolute atomic E-state index is 12.7. The molecule has 0 spiro atoms. The summed E-state index contributed by atoms with van der Waals surface area (Å²) in [5.41, 5.74) is 4.26. The normalized spacial score (nSPS) is 19.1. The first-order valence-electron chi connectivity index (χ1n) is 17.0. The van der Waals surface area contributed by atoms with E-state index in [0.29, 0.717) is 26.3 Å². The number of halogens is 1. The van der Waals surface area contributed by atoms with Gasteiger partial charge in [0, 0.05) is 65.7 Å². The van der Waals surface area contributed by atoms with Crippen molar-refractivity contribution in [3.05, 3.63) is 72.8 Å². The first kappa shape index (κ1) is 34.9. The highest BCUT2D eigenvalue weighted by Gasteiger charge is 2.51. The van der Waals surface area contributed by atoms with Crippen LogP contribution in [0.2, 0.25) is 0 Å². The Bertz CT molecular complexity index is 1900. The molecule has 0 aliphatic carbocycles. The van der Waals surface area contributed by atoms with Gasteiger partial charge in [0.15, 0.2) is 0 Å². The van der Waals surface area contributed by atoms with E-state index < -0.39 is 7.12 Å². The van der Waals surface area contributed by atoms with Crippen molar-refractivity contribution in [2.45, 2.75) is 65.8 Å². The maximum atomic E-state index is 12.7. The van der Waals surface area contributed by atoms with Crippen molar-refractivity contribution in [2.75, 3.05) is 62.4 Å². The minimum Gasteiger partial charge on any atom is -0.399 e. The summed E-state index contributed by atoms with van der Waals surface area (Å²) < 4.78 is 28.2. The molecule has 0 amide bonds. The Balaban J connectivity index is 0.000000177. The standard InChI is InChI=1S/C21H29BN2O4.C15H17IN2O2/c1-6-24-17-8-7-15(22-27-20(2,3)21(4,5)28-22)13-16(17)18(14-19(24)25)23-9-11-26-12-10-23;1-2-18-13-4-3-11(16)9-12(13)14(10-15(18)19)17-5-7-20-8-6-17/h7-8,13-14H,6,9-12H2,1-5H3;3-4,9-10H,2,5-8H2,1H3. The number of aromatic nitrogens is 2. The predicted octanol–water partition coefficient (Wildman–Crippen LogP) is 4.62. The summed E-state index contributed by atoms with van der Waals surface area (Å²) in [5.74, 6) is 0. The zero-order valence-electron chi connectivity index (χ0n) is 28.9. The maximum Gasteiger partial charge on any atom is 0.494 e. The molecule has 0 unspecified atom stereocenters. The molecule has 0 saturated carbocycles. The zero-order chi connectivity index (χ0) is 34.2. The highest BCUT2D eigenvalue weighted by molar-refractivity contribution is 14.1. The molecular formula is C36H46BIN4O6. The number of ether oxygens (including phenoxy) is 2. The lowest BCUT2D eigenvalue weighted by atomic mass is 9.78. The lowest BCUT2D eigenvalue weighted by Crippen LogP contribution is -2.41. The second-order valence-corrected chi connectivity index (χ2v) is 14.7. The van der Waals surface area contributed by atoms with Crippen LogP contribution in [0.1, 0.15) is 41.5 Å². The van der Waals surface area contributed by atoms with Gasteiger partial charge in [0.25, 0.3) is 11.1 Å². The second kappa shape index (κ2) is 14.1. The number of aryl methyl sites for hydroxylation is 2. The largest absolute Gasteiger partial charge is 0.494 e. The van der Waals surface area contributed by atoms with E-state index in [2.05, 4.69) is 78.3 Å². The quantitative estimate of drug-likeness (QED) is 0.215. The number of hydrogen-bond donors (Lipinski definition) is 0. The first-order valence-corrected chi connectivity index (χ1v) is 18.0. The van der Waals surface area contributed by atoms with Crippen molar-refractivity contribution in [3.63, 3.8) is 0 Å². The van der Waals surface area contributed by atoms with E-state index >= 15 is 0 Å². The first-order chi connectivity index (χ1) is 22.9. The van der Waals surface area contributed by atoms with Gasteiger partial charge in [-0.2, -0.15) is 0 Å². The van der Waals surface area contributed by atoms with E-state index in [1.54, 1.807) is 12.1 Å². The summed E-state index contributed by atoms with van der Waals surface area (Å²) in [7, 11) is -0.422. The molecule has 2 aromatic carbocycles. The highest BCUT2D eigenvalue weighted by Crippen LogP contribution is 2.37. The van der Waals surface area contributed by atoms with Gasteiger partial charge in [0.05, 0.1) is 60.0 Å². The summed E-state index contributed by atoms with van der Waals surface area (Å²) in [6, 6.07) is 15.9. The van der Waals surface area contributed by atoms with Crippen LogP contribution in [-0.4, -0.2) is 80.1 Å². The Labute approximate surface area is 296 Å². The number of rotatable bonds is 5. The summed E-state index contributed by atoms with van der Waals surface area (Å²) in [4.78, 5) is 29.5. The topological polar surface area (TPSA) is 87.4 Å². The average Bonchev–Trinajstić information content (AvgIpc) is 3.31. The molecule has 0 N–H and O–H groups in total. The van der Waals surface area contributed by atoms with Crippen LogP contribution < -0.4 is 26.4 Å². The molecular weight excluding hydrogens is 722 g/mol. The van der Waals surface area contributed by atoms with E-state index in [4.69, 9.17) is 18.8 Å². The molecule has 3 aliphatic heterocycles. The Morgan fingerprint density at radius 3 is 1.56 bits per heavy atom. The van der Waals surface area contributed by atoms with Gasteiger partial charge in [-0.1, -0.05) is 12.1 Å². The van der Waals surface area contributed by atoms with Crippen LogP contribution in [0.4, 0.5) is 11.4 Å². The summed E-state index contributed by atoms with van der Waals surface area (Å²) in [6.07, 6.45) is 0. The molecule has 256 valence electrons. The lowest BCUT2D eigenvalue weighted by Gasteiger charge is -2.32.